The second kappa shape index (κ2) is 5.45. The molecule has 1 aromatic carbocycles. The summed E-state index contributed by atoms with van der Waals surface area (Å²) < 4.78 is 0. The van der Waals surface area contributed by atoms with Gasteiger partial charge in [0.2, 0.25) is 5.91 Å². The fourth-order valence-corrected chi connectivity index (χ4v) is 4.53. The first-order valence-corrected chi connectivity index (χ1v) is 8.45. The van der Waals surface area contributed by atoms with Gasteiger partial charge < -0.3 is 10.2 Å². The molecule has 1 amide bonds. The van der Waals surface area contributed by atoms with Crippen molar-refractivity contribution in [2.45, 2.75) is 56.5 Å². The third-order valence-electron chi connectivity index (χ3n) is 5.58. The molecule has 0 spiro atoms. The van der Waals surface area contributed by atoms with Gasteiger partial charge in [0.15, 0.2) is 0 Å². The van der Waals surface area contributed by atoms with Gasteiger partial charge in [-0.3, -0.25) is 4.79 Å². The van der Waals surface area contributed by atoms with Crippen LogP contribution >= 0.6 is 0 Å². The van der Waals surface area contributed by atoms with Gasteiger partial charge >= 0.3 is 0 Å². The van der Waals surface area contributed by atoms with Crippen LogP contribution in [0.15, 0.2) is 24.3 Å². The van der Waals surface area contributed by atoms with Gasteiger partial charge in [-0.1, -0.05) is 24.3 Å². The van der Waals surface area contributed by atoms with E-state index >= 15 is 0 Å². The standard InChI is InChI=1S/C18H24N2O/c21-18(20-14-8-9-15(20)12-19-11-10-14)17-7-3-5-13-4-1-2-6-16(13)17/h1-2,4,6,14-15,17,19H,3,5,7-12H2. The first-order chi connectivity index (χ1) is 10.3. The SMILES string of the molecule is O=C(C1CCCc2ccccc21)N1C2CCNCC1CC2. The van der Waals surface area contributed by atoms with Gasteiger partial charge in [-0.2, -0.15) is 0 Å². The molecule has 1 aromatic rings. The molecule has 3 heteroatoms. The second-order valence-electron chi connectivity index (χ2n) is 6.77. The molecule has 3 aliphatic rings. The van der Waals surface area contributed by atoms with Crippen molar-refractivity contribution >= 4 is 5.91 Å². The van der Waals surface area contributed by atoms with Crippen LogP contribution in [0.2, 0.25) is 0 Å². The van der Waals surface area contributed by atoms with E-state index in [0.717, 1.165) is 38.8 Å². The van der Waals surface area contributed by atoms with E-state index in [0.29, 0.717) is 18.0 Å². The van der Waals surface area contributed by atoms with Crippen molar-refractivity contribution in [2.24, 2.45) is 0 Å². The zero-order chi connectivity index (χ0) is 14.2. The number of nitrogens with one attached hydrogen (secondary N) is 1. The molecule has 2 heterocycles. The van der Waals surface area contributed by atoms with Gasteiger partial charge in [-0.25, -0.2) is 0 Å². The summed E-state index contributed by atoms with van der Waals surface area (Å²) >= 11 is 0. The highest BCUT2D eigenvalue weighted by molar-refractivity contribution is 5.85. The van der Waals surface area contributed by atoms with E-state index in [1.165, 1.54) is 24.0 Å². The van der Waals surface area contributed by atoms with E-state index in [-0.39, 0.29) is 5.92 Å². The maximum absolute atomic E-state index is 13.2. The zero-order valence-corrected chi connectivity index (χ0v) is 12.6. The summed E-state index contributed by atoms with van der Waals surface area (Å²) in [7, 11) is 0. The molecule has 2 aliphatic heterocycles. The Labute approximate surface area is 126 Å². The molecule has 1 N–H and O–H groups in total. The quantitative estimate of drug-likeness (QED) is 0.859. The summed E-state index contributed by atoms with van der Waals surface area (Å²) in [5.41, 5.74) is 2.69. The fourth-order valence-electron chi connectivity index (χ4n) is 4.53. The average molecular weight is 284 g/mol. The predicted molar refractivity (Wildman–Crippen MR) is 83.3 cm³/mol. The highest BCUT2D eigenvalue weighted by Gasteiger charge is 2.41. The minimum atomic E-state index is 0.108. The Morgan fingerprint density at radius 2 is 1.95 bits per heavy atom. The Morgan fingerprint density at radius 1 is 1.10 bits per heavy atom. The van der Waals surface area contributed by atoms with Crippen molar-refractivity contribution in [3.05, 3.63) is 35.4 Å². The Bertz CT molecular complexity index is 528. The largest absolute Gasteiger partial charge is 0.335 e. The van der Waals surface area contributed by atoms with Crippen molar-refractivity contribution in [3.8, 4) is 0 Å². The Kier molecular flexibility index (Phi) is 3.46. The molecule has 0 radical (unpaired) electrons. The molecular formula is C18H24N2O. The normalized spacial score (nSPS) is 31.6. The van der Waals surface area contributed by atoms with Crippen LogP contribution in [-0.4, -0.2) is 36.0 Å². The van der Waals surface area contributed by atoms with Crippen molar-refractivity contribution in [1.29, 1.82) is 0 Å². The molecule has 112 valence electrons. The number of fused-ring (bicyclic) bond motifs is 3. The summed E-state index contributed by atoms with van der Waals surface area (Å²) in [5, 5.41) is 3.49. The van der Waals surface area contributed by atoms with Gasteiger partial charge in [-0.05, 0) is 56.2 Å². The molecule has 1 aliphatic carbocycles. The smallest absolute Gasteiger partial charge is 0.230 e. The molecule has 21 heavy (non-hydrogen) atoms. The van der Waals surface area contributed by atoms with E-state index in [4.69, 9.17) is 0 Å². The number of benzene rings is 1. The monoisotopic (exact) mass is 284 g/mol. The number of rotatable bonds is 1. The molecule has 2 saturated heterocycles. The van der Waals surface area contributed by atoms with Crippen molar-refractivity contribution in [2.75, 3.05) is 13.1 Å². The van der Waals surface area contributed by atoms with Crippen LogP contribution in [0, 0.1) is 0 Å². The van der Waals surface area contributed by atoms with E-state index in [1.807, 2.05) is 0 Å². The molecule has 0 saturated carbocycles. The zero-order valence-electron chi connectivity index (χ0n) is 12.6. The average Bonchev–Trinajstić information content (AvgIpc) is 2.79. The first kappa shape index (κ1) is 13.3. The fraction of sp³-hybridized carbons (Fsp3) is 0.611. The van der Waals surface area contributed by atoms with Crippen LogP contribution in [0.4, 0.5) is 0 Å². The number of aryl methyl sites for hydroxylation is 1. The highest BCUT2D eigenvalue weighted by atomic mass is 16.2. The minimum absolute atomic E-state index is 0.108. The Morgan fingerprint density at radius 3 is 2.90 bits per heavy atom. The topological polar surface area (TPSA) is 32.3 Å². The number of carbonyl (C=O) groups excluding carboxylic acids is 1. The lowest BCUT2D eigenvalue weighted by Crippen LogP contribution is -2.45. The van der Waals surface area contributed by atoms with Crippen LogP contribution in [0.5, 0.6) is 0 Å². The number of nitrogens with zero attached hydrogens (tertiary/aromatic N) is 1. The van der Waals surface area contributed by atoms with E-state index < -0.39 is 0 Å². The highest BCUT2D eigenvalue weighted by Crippen LogP contribution is 2.37. The molecule has 3 atom stereocenters. The number of carbonyl (C=O) groups is 1. The summed E-state index contributed by atoms with van der Waals surface area (Å²) in [6, 6.07) is 9.47. The maximum atomic E-state index is 13.2. The molecule has 0 aromatic heterocycles. The van der Waals surface area contributed by atoms with Crippen LogP contribution in [0.1, 0.15) is 49.1 Å². The predicted octanol–water partition coefficient (Wildman–Crippen LogP) is 2.46. The molecule has 2 fully saturated rings. The van der Waals surface area contributed by atoms with E-state index in [2.05, 4.69) is 34.5 Å². The van der Waals surface area contributed by atoms with Gasteiger partial charge in [0.1, 0.15) is 0 Å². The lowest BCUT2D eigenvalue weighted by molar-refractivity contribution is -0.135. The second-order valence-corrected chi connectivity index (χ2v) is 6.77. The summed E-state index contributed by atoms with van der Waals surface area (Å²) in [4.78, 5) is 15.5. The molecule has 3 unspecified atom stereocenters. The minimum Gasteiger partial charge on any atom is -0.335 e. The Balaban J connectivity index is 1.63. The number of amides is 1. The summed E-state index contributed by atoms with van der Waals surface area (Å²) in [6.07, 6.45) is 6.81. The summed E-state index contributed by atoms with van der Waals surface area (Å²) in [6.45, 7) is 2.04. The van der Waals surface area contributed by atoms with Crippen molar-refractivity contribution in [1.82, 2.24) is 10.2 Å². The van der Waals surface area contributed by atoms with E-state index in [1.54, 1.807) is 0 Å². The van der Waals surface area contributed by atoms with E-state index in [9.17, 15) is 4.79 Å². The van der Waals surface area contributed by atoms with Crippen LogP contribution < -0.4 is 5.32 Å². The van der Waals surface area contributed by atoms with Crippen LogP contribution in [0.3, 0.4) is 0 Å². The number of hydrogen-bond donors (Lipinski definition) is 1. The van der Waals surface area contributed by atoms with Crippen molar-refractivity contribution in [3.63, 3.8) is 0 Å². The van der Waals surface area contributed by atoms with Gasteiger partial charge in [0.05, 0.1) is 5.92 Å². The first-order valence-electron chi connectivity index (χ1n) is 8.45. The van der Waals surface area contributed by atoms with Crippen molar-refractivity contribution < 1.29 is 4.79 Å². The maximum Gasteiger partial charge on any atom is 0.230 e. The molecule has 4 rings (SSSR count). The Hall–Kier alpha value is -1.35. The molecule has 2 bridgehead atoms. The third kappa shape index (κ3) is 2.28. The third-order valence-corrected chi connectivity index (χ3v) is 5.58. The summed E-state index contributed by atoms with van der Waals surface area (Å²) in [5.74, 6) is 0.509. The van der Waals surface area contributed by atoms with Gasteiger partial charge in [0, 0.05) is 18.6 Å². The van der Waals surface area contributed by atoms with Gasteiger partial charge in [-0.15, -0.1) is 0 Å². The lowest BCUT2D eigenvalue weighted by Gasteiger charge is -2.34. The molecular weight excluding hydrogens is 260 g/mol. The van der Waals surface area contributed by atoms with Crippen LogP contribution in [-0.2, 0) is 11.2 Å². The number of hydrogen-bond acceptors (Lipinski definition) is 2. The molecule has 3 nitrogen and oxygen atoms in total. The van der Waals surface area contributed by atoms with Crippen LogP contribution in [0.25, 0.3) is 0 Å². The van der Waals surface area contributed by atoms with Gasteiger partial charge in [0.25, 0.3) is 0 Å². The lowest BCUT2D eigenvalue weighted by atomic mass is 9.82.